The predicted octanol–water partition coefficient (Wildman–Crippen LogP) is 1.56. The Kier molecular flexibility index (Phi) is 8.37. The molecule has 2 rings (SSSR count). The molecule has 4 amide bonds. The fraction of sp³-hybridized carbons (Fsp3) is 0.238. The van der Waals surface area contributed by atoms with Crippen molar-refractivity contribution in [2.24, 2.45) is 0 Å². The van der Waals surface area contributed by atoms with Crippen molar-refractivity contribution in [1.29, 1.82) is 0 Å². The molecular weight excluding hydrogens is 390 g/mol. The van der Waals surface area contributed by atoms with Crippen molar-refractivity contribution in [3.63, 3.8) is 0 Å². The van der Waals surface area contributed by atoms with Crippen molar-refractivity contribution in [3.05, 3.63) is 65.7 Å². The van der Waals surface area contributed by atoms with Crippen molar-refractivity contribution < 1.29 is 28.7 Å². The topological polar surface area (TPSA) is 123 Å². The van der Waals surface area contributed by atoms with Gasteiger partial charge in [0.1, 0.15) is 12.3 Å². The summed E-state index contributed by atoms with van der Waals surface area (Å²) < 4.78 is 10.3. The molecule has 1 atom stereocenters. The van der Waals surface area contributed by atoms with Crippen LogP contribution in [0, 0.1) is 0 Å². The summed E-state index contributed by atoms with van der Waals surface area (Å²) in [6, 6.07) is 14.0. The summed E-state index contributed by atoms with van der Waals surface area (Å²) in [7, 11) is 1.48. The van der Waals surface area contributed by atoms with Crippen LogP contribution in [-0.4, -0.2) is 44.0 Å². The summed E-state index contributed by atoms with van der Waals surface area (Å²) in [5, 5.41) is 6.97. The van der Waals surface area contributed by atoms with Crippen molar-refractivity contribution >= 4 is 23.8 Å². The summed E-state index contributed by atoms with van der Waals surface area (Å²) in [6.07, 6.45) is -1.35. The summed E-state index contributed by atoms with van der Waals surface area (Å²) in [4.78, 5) is 48.6. The largest absolute Gasteiger partial charge is 0.497 e. The van der Waals surface area contributed by atoms with E-state index in [1.807, 2.05) is 0 Å². The number of methoxy groups -OCH3 is 1. The lowest BCUT2D eigenvalue weighted by Gasteiger charge is -2.18. The second-order valence-corrected chi connectivity index (χ2v) is 6.04. The fourth-order valence-corrected chi connectivity index (χ4v) is 2.47. The van der Waals surface area contributed by atoms with E-state index < -0.39 is 36.5 Å². The van der Waals surface area contributed by atoms with Crippen LogP contribution >= 0.6 is 0 Å². The Bertz CT molecular complexity index is 901. The average Bonchev–Trinajstić information content (AvgIpc) is 2.76. The standard InChI is InChI=1S/C21H23N3O6/c1-3-22-21(28)24-20(27)18(14-8-5-4-6-9-14)30-17(25)13-23-19(26)15-10-7-11-16(12-15)29-2/h4-12,18H,3,13H2,1-2H3,(H,23,26)(H2,22,24,27,28)/t18-/m0/s1. The molecule has 0 heterocycles. The van der Waals surface area contributed by atoms with Crippen molar-refractivity contribution in [2.75, 3.05) is 20.2 Å². The molecule has 0 saturated heterocycles. The Morgan fingerprint density at radius 2 is 1.70 bits per heavy atom. The summed E-state index contributed by atoms with van der Waals surface area (Å²) in [5.74, 6) is -1.66. The second-order valence-electron chi connectivity index (χ2n) is 6.04. The van der Waals surface area contributed by atoms with Gasteiger partial charge in [-0.2, -0.15) is 0 Å². The SMILES string of the molecule is CCNC(=O)NC(=O)[C@@H](OC(=O)CNC(=O)c1cccc(OC)c1)c1ccccc1. The molecule has 0 bridgehead atoms. The van der Waals surface area contributed by atoms with Gasteiger partial charge in [-0.15, -0.1) is 0 Å². The first-order valence-electron chi connectivity index (χ1n) is 9.20. The van der Waals surface area contributed by atoms with E-state index in [0.717, 1.165) is 0 Å². The molecular formula is C21H23N3O6. The smallest absolute Gasteiger partial charge is 0.326 e. The van der Waals surface area contributed by atoms with Crippen LogP contribution in [0.15, 0.2) is 54.6 Å². The van der Waals surface area contributed by atoms with Gasteiger partial charge in [0, 0.05) is 17.7 Å². The zero-order valence-corrected chi connectivity index (χ0v) is 16.6. The van der Waals surface area contributed by atoms with Gasteiger partial charge in [0.15, 0.2) is 0 Å². The van der Waals surface area contributed by atoms with Crippen molar-refractivity contribution in [1.82, 2.24) is 16.0 Å². The molecule has 158 valence electrons. The molecule has 0 aromatic heterocycles. The van der Waals surface area contributed by atoms with Crippen molar-refractivity contribution in [3.8, 4) is 5.75 Å². The Morgan fingerprint density at radius 1 is 0.967 bits per heavy atom. The number of rotatable bonds is 8. The van der Waals surface area contributed by atoms with E-state index in [1.54, 1.807) is 55.5 Å². The van der Waals surface area contributed by atoms with Gasteiger partial charge in [-0.3, -0.25) is 19.7 Å². The Hall–Kier alpha value is -3.88. The molecule has 0 spiro atoms. The summed E-state index contributed by atoms with van der Waals surface area (Å²) in [6.45, 7) is 1.56. The molecule has 0 aliphatic rings. The molecule has 0 saturated carbocycles. The zero-order valence-electron chi connectivity index (χ0n) is 16.6. The van der Waals surface area contributed by atoms with Crippen LogP contribution in [0.3, 0.4) is 0 Å². The van der Waals surface area contributed by atoms with Crippen LogP contribution in [0.5, 0.6) is 5.75 Å². The van der Waals surface area contributed by atoms with Gasteiger partial charge in [0.05, 0.1) is 7.11 Å². The number of esters is 1. The van der Waals surface area contributed by atoms with E-state index in [2.05, 4.69) is 16.0 Å². The van der Waals surface area contributed by atoms with Crippen LogP contribution in [0.2, 0.25) is 0 Å². The average molecular weight is 413 g/mol. The highest BCUT2D eigenvalue weighted by atomic mass is 16.5. The Labute approximate surface area is 173 Å². The molecule has 9 heteroatoms. The molecule has 30 heavy (non-hydrogen) atoms. The molecule has 0 unspecified atom stereocenters. The molecule has 3 N–H and O–H groups in total. The minimum absolute atomic E-state index is 0.302. The quantitative estimate of drug-likeness (QED) is 0.565. The maximum atomic E-state index is 12.4. The number of hydrogen-bond donors (Lipinski definition) is 3. The van der Waals surface area contributed by atoms with Gasteiger partial charge < -0.3 is 20.1 Å². The molecule has 2 aromatic carbocycles. The maximum Gasteiger partial charge on any atom is 0.326 e. The lowest BCUT2D eigenvalue weighted by molar-refractivity contribution is -0.155. The summed E-state index contributed by atoms with van der Waals surface area (Å²) >= 11 is 0. The second kappa shape index (κ2) is 11.2. The number of nitrogens with one attached hydrogen (secondary N) is 3. The third kappa shape index (κ3) is 6.62. The highest BCUT2D eigenvalue weighted by molar-refractivity contribution is 5.98. The van der Waals surface area contributed by atoms with E-state index >= 15 is 0 Å². The Morgan fingerprint density at radius 3 is 2.37 bits per heavy atom. The zero-order chi connectivity index (χ0) is 21.9. The first-order chi connectivity index (χ1) is 14.4. The minimum atomic E-state index is -1.35. The number of ether oxygens (including phenoxy) is 2. The van der Waals surface area contributed by atoms with Gasteiger partial charge in [0.2, 0.25) is 6.10 Å². The normalized spacial score (nSPS) is 11.0. The fourth-order valence-electron chi connectivity index (χ4n) is 2.47. The number of benzene rings is 2. The third-order valence-corrected chi connectivity index (χ3v) is 3.89. The maximum absolute atomic E-state index is 12.4. The predicted molar refractivity (Wildman–Crippen MR) is 108 cm³/mol. The Balaban J connectivity index is 2.02. The number of amides is 4. The molecule has 0 aliphatic heterocycles. The van der Waals surface area contributed by atoms with Gasteiger partial charge in [-0.25, -0.2) is 4.79 Å². The van der Waals surface area contributed by atoms with E-state index in [-0.39, 0.29) is 0 Å². The first kappa shape index (κ1) is 22.4. The van der Waals surface area contributed by atoms with Crippen molar-refractivity contribution in [2.45, 2.75) is 13.0 Å². The van der Waals surface area contributed by atoms with Gasteiger partial charge in [0.25, 0.3) is 11.8 Å². The molecule has 9 nitrogen and oxygen atoms in total. The van der Waals surface area contributed by atoms with Crippen LogP contribution in [-0.2, 0) is 14.3 Å². The van der Waals surface area contributed by atoms with E-state index in [0.29, 0.717) is 23.4 Å². The number of urea groups is 1. The van der Waals surface area contributed by atoms with E-state index in [9.17, 15) is 19.2 Å². The third-order valence-electron chi connectivity index (χ3n) is 3.89. The van der Waals surface area contributed by atoms with Gasteiger partial charge in [-0.1, -0.05) is 36.4 Å². The minimum Gasteiger partial charge on any atom is -0.497 e. The lowest BCUT2D eigenvalue weighted by Crippen LogP contribution is -2.43. The number of carbonyl (C=O) groups excluding carboxylic acids is 4. The summed E-state index contributed by atoms with van der Waals surface area (Å²) in [5.41, 5.74) is 0.683. The molecule has 0 aliphatic carbocycles. The monoisotopic (exact) mass is 413 g/mol. The molecule has 0 radical (unpaired) electrons. The number of imide groups is 1. The highest BCUT2D eigenvalue weighted by Gasteiger charge is 2.26. The van der Waals surface area contributed by atoms with Crippen LogP contribution < -0.4 is 20.7 Å². The van der Waals surface area contributed by atoms with Gasteiger partial charge in [-0.05, 0) is 25.1 Å². The van der Waals surface area contributed by atoms with E-state index in [1.165, 1.54) is 13.2 Å². The van der Waals surface area contributed by atoms with Crippen LogP contribution in [0.1, 0.15) is 28.9 Å². The van der Waals surface area contributed by atoms with Gasteiger partial charge >= 0.3 is 12.0 Å². The number of carbonyl (C=O) groups is 4. The molecule has 0 fully saturated rings. The van der Waals surface area contributed by atoms with E-state index in [4.69, 9.17) is 9.47 Å². The van der Waals surface area contributed by atoms with Crippen LogP contribution in [0.25, 0.3) is 0 Å². The lowest BCUT2D eigenvalue weighted by atomic mass is 10.1. The van der Waals surface area contributed by atoms with Crippen LogP contribution in [0.4, 0.5) is 4.79 Å². The molecule has 2 aromatic rings. The first-order valence-corrected chi connectivity index (χ1v) is 9.20. The highest BCUT2D eigenvalue weighted by Crippen LogP contribution is 2.18. The number of hydrogen-bond acceptors (Lipinski definition) is 6.